The van der Waals surface area contributed by atoms with E-state index in [1.165, 1.54) is 39.0 Å². The zero-order chi connectivity index (χ0) is 27.3. The van der Waals surface area contributed by atoms with Crippen molar-refractivity contribution in [3.05, 3.63) is 56.2 Å². The number of rotatable bonds is 8. The quantitative estimate of drug-likeness (QED) is 0.352. The van der Waals surface area contributed by atoms with Gasteiger partial charge in [0.05, 0.1) is 4.34 Å². The Kier molecular flexibility index (Phi) is 9.69. The lowest BCUT2D eigenvalue weighted by Gasteiger charge is -2.44. The highest BCUT2D eigenvalue weighted by Gasteiger charge is 2.52. The van der Waals surface area contributed by atoms with E-state index in [1.807, 2.05) is 37.3 Å². The number of hydrogen-bond donors (Lipinski definition) is 0. The van der Waals surface area contributed by atoms with Crippen molar-refractivity contribution in [2.24, 2.45) is 0 Å². The summed E-state index contributed by atoms with van der Waals surface area (Å²) in [6.45, 7) is 6.52. The highest BCUT2D eigenvalue weighted by atomic mass is 35.5. The third-order valence-electron chi connectivity index (χ3n) is 5.69. The lowest BCUT2D eigenvalue weighted by Crippen LogP contribution is -2.59. The summed E-state index contributed by atoms with van der Waals surface area (Å²) < 4.78 is 28.7. The summed E-state index contributed by atoms with van der Waals surface area (Å²) in [6, 6.07) is 9.44. The van der Waals surface area contributed by atoms with E-state index >= 15 is 0 Å². The van der Waals surface area contributed by atoms with E-state index in [0.29, 0.717) is 16.3 Å². The Labute approximate surface area is 223 Å². The number of carbonyl (C=O) groups excluding carboxylic acids is 4. The van der Waals surface area contributed by atoms with E-state index in [2.05, 4.69) is 0 Å². The van der Waals surface area contributed by atoms with Crippen LogP contribution in [0.3, 0.4) is 0 Å². The SMILES string of the molecule is CC(=O)OCC1OC(c2ccc(C)c(Cc3ccc(Cl)s3)c2)C(OC(C)=O)C(OC(C)=O)C1OC(C)=O. The average Bonchev–Trinajstić information content (AvgIpc) is 3.20. The van der Waals surface area contributed by atoms with Gasteiger partial charge in [-0.1, -0.05) is 29.8 Å². The minimum absolute atomic E-state index is 0.277. The Hall–Kier alpha value is -2.95. The first-order valence-electron chi connectivity index (χ1n) is 11.6. The van der Waals surface area contributed by atoms with Gasteiger partial charge in [-0.2, -0.15) is 0 Å². The predicted molar refractivity (Wildman–Crippen MR) is 134 cm³/mol. The second-order valence-electron chi connectivity index (χ2n) is 8.69. The molecule has 5 unspecified atom stereocenters. The third-order valence-corrected chi connectivity index (χ3v) is 6.92. The molecule has 5 atom stereocenters. The lowest BCUT2D eigenvalue weighted by molar-refractivity contribution is -0.254. The van der Waals surface area contributed by atoms with Gasteiger partial charge in [0, 0.05) is 39.0 Å². The van der Waals surface area contributed by atoms with Crippen molar-refractivity contribution in [1.29, 1.82) is 0 Å². The Morgan fingerprint density at radius 3 is 2.05 bits per heavy atom. The first-order valence-corrected chi connectivity index (χ1v) is 12.8. The molecule has 0 amide bonds. The fourth-order valence-electron chi connectivity index (χ4n) is 4.19. The summed E-state index contributed by atoms with van der Waals surface area (Å²) in [5.41, 5.74) is 2.66. The second kappa shape index (κ2) is 12.5. The van der Waals surface area contributed by atoms with Crippen molar-refractivity contribution in [3.63, 3.8) is 0 Å². The monoisotopic (exact) mass is 552 g/mol. The molecule has 37 heavy (non-hydrogen) atoms. The Bertz CT molecular complexity index is 1160. The number of ether oxygens (including phenoxy) is 5. The third kappa shape index (κ3) is 7.77. The molecule has 0 aliphatic carbocycles. The zero-order valence-electron chi connectivity index (χ0n) is 21.1. The van der Waals surface area contributed by atoms with Crippen molar-refractivity contribution in [1.82, 2.24) is 0 Å². The molecule has 200 valence electrons. The van der Waals surface area contributed by atoms with Crippen LogP contribution in [0.1, 0.15) is 55.4 Å². The number of aryl methyl sites for hydroxylation is 1. The molecule has 1 saturated heterocycles. The molecule has 1 aromatic carbocycles. The highest BCUT2D eigenvalue weighted by molar-refractivity contribution is 7.16. The number of carbonyl (C=O) groups is 4. The molecule has 2 aromatic rings. The van der Waals surface area contributed by atoms with Gasteiger partial charge >= 0.3 is 23.9 Å². The van der Waals surface area contributed by atoms with Gasteiger partial charge in [-0.05, 0) is 35.7 Å². The lowest BCUT2D eigenvalue weighted by atomic mass is 9.88. The van der Waals surface area contributed by atoms with Crippen LogP contribution in [0.25, 0.3) is 0 Å². The molecule has 0 radical (unpaired) electrons. The molecule has 1 aliphatic heterocycles. The number of halogens is 1. The van der Waals surface area contributed by atoms with Crippen LogP contribution in [-0.4, -0.2) is 54.9 Å². The van der Waals surface area contributed by atoms with Crippen LogP contribution < -0.4 is 0 Å². The van der Waals surface area contributed by atoms with Crippen molar-refractivity contribution in [3.8, 4) is 0 Å². The molecular formula is C26H29ClO9S. The maximum atomic E-state index is 12.1. The van der Waals surface area contributed by atoms with Gasteiger partial charge in [0.25, 0.3) is 0 Å². The van der Waals surface area contributed by atoms with Crippen molar-refractivity contribution >= 4 is 46.8 Å². The van der Waals surface area contributed by atoms with Gasteiger partial charge in [-0.25, -0.2) is 0 Å². The minimum Gasteiger partial charge on any atom is -0.463 e. The number of thiophene rings is 1. The zero-order valence-corrected chi connectivity index (χ0v) is 22.7. The Morgan fingerprint density at radius 1 is 0.865 bits per heavy atom. The van der Waals surface area contributed by atoms with Crippen LogP contribution in [0, 0.1) is 6.92 Å². The van der Waals surface area contributed by atoms with Crippen LogP contribution in [0.4, 0.5) is 0 Å². The minimum atomic E-state index is -1.22. The van der Waals surface area contributed by atoms with E-state index in [1.54, 1.807) is 0 Å². The number of benzene rings is 1. The molecule has 1 aliphatic rings. The molecular weight excluding hydrogens is 524 g/mol. The molecule has 0 N–H and O–H groups in total. The van der Waals surface area contributed by atoms with Crippen LogP contribution in [-0.2, 0) is 49.3 Å². The van der Waals surface area contributed by atoms with Crippen molar-refractivity contribution in [2.45, 2.75) is 71.6 Å². The summed E-state index contributed by atoms with van der Waals surface area (Å²) in [7, 11) is 0. The van der Waals surface area contributed by atoms with Gasteiger partial charge in [0.2, 0.25) is 0 Å². The van der Waals surface area contributed by atoms with Gasteiger partial charge in [0.15, 0.2) is 18.3 Å². The topological polar surface area (TPSA) is 114 Å². The molecule has 11 heteroatoms. The summed E-state index contributed by atoms with van der Waals surface area (Å²) in [5, 5.41) is 0. The van der Waals surface area contributed by atoms with E-state index in [4.69, 9.17) is 35.3 Å². The first-order chi connectivity index (χ1) is 17.4. The summed E-state index contributed by atoms with van der Waals surface area (Å²) in [5.74, 6) is -2.56. The maximum absolute atomic E-state index is 12.1. The normalized spacial score (nSPS) is 23.1. The van der Waals surface area contributed by atoms with Crippen molar-refractivity contribution < 1.29 is 42.9 Å². The van der Waals surface area contributed by atoms with E-state index in [0.717, 1.165) is 16.0 Å². The summed E-state index contributed by atoms with van der Waals surface area (Å²) >= 11 is 7.57. The Morgan fingerprint density at radius 2 is 1.49 bits per heavy atom. The summed E-state index contributed by atoms with van der Waals surface area (Å²) in [6.07, 6.45) is -4.87. The first kappa shape index (κ1) is 28.6. The van der Waals surface area contributed by atoms with E-state index in [9.17, 15) is 19.2 Å². The largest absolute Gasteiger partial charge is 0.463 e. The van der Waals surface area contributed by atoms with Gasteiger partial charge in [-0.15, -0.1) is 11.3 Å². The predicted octanol–water partition coefficient (Wildman–Crippen LogP) is 4.10. The number of hydrogen-bond acceptors (Lipinski definition) is 10. The smallest absolute Gasteiger partial charge is 0.303 e. The molecule has 3 rings (SSSR count). The highest BCUT2D eigenvalue weighted by Crippen LogP contribution is 2.38. The standard InChI is InChI=1S/C26H29ClO9S/c1-13-6-7-18(10-19(13)11-20-8-9-22(27)37-20)23-25(34-16(4)30)26(35-17(5)31)24(33-15(3)29)21(36-23)12-32-14(2)28/h6-10,21,23-26H,11-12H2,1-5H3. The van der Waals surface area contributed by atoms with Gasteiger partial charge in [-0.3, -0.25) is 19.2 Å². The van der Waals surface area contributed by atoms with Crippen molar-refractivity contribution in [2.75, 3.05) is 6.61 Å². The number of esters is 4. The molecule has 0 spiro atoms. The van der Waals surface area contributed by atoms with E-state index in [-0.39, 0.29) is 6.61 Å². The fraction of sp³-hybridized carbons (Fsp3) is 0.462. The molecule has 1 fully saturated rings. The van der Waals surface area contributed by atoms with Crippen LogP contribution in [0.5, 0.6) is 0 Å². The summed E-state index contributed by atoms with van der Waals surface area (Å²) in [4.78, 5) is 48.7. The van der Waals surface area contributed by atoms with Gasteiger partial charge in [0.1, 0.15) is 18.8 Å². The molecule has 1 aromatic heterocycles. The average molecular weight is 553 g/mol. The fourth-order valence-corrected chi connectivity index (χ4v) is 5.30. The molecule has 0 saturated carbocycles. The van der Waals surface area contributed by atoms with E-state index < -0.39 is 54.4 Å². The van der Waals surface area contributed by atoms with Crippen LogP contribution >= 0.6 is 22.9 Å². The second-order valence-corrected chi connectivity index (χ2v) is 10.5. The molecule has 9 nitrogen and oxygen atoms in total. The Balaban J connectivity index is 2.06. The van der Waals surface area contributed by atoms with Crippen LogP contribution in [0.2, 0.25) is 4.34 Å². The molecule has 0 bridgehead atoms. The maximum Gasteiger partial charge on any atom is 0.303 e. The molecule has 2 heterocycles. The van der Waals surface area contributed by atoms with Gasteiger partial charge < -0.3 is 23.7 Å². The van der Waals surface area contributed by atoms with Crippen LogP contribution in [0.15, 0.2) is 30.3 Å².